The van der Waals surface area contributed by atoms with Crippen LogP contribution < -0.4 is 5.73 Å². The van der Waals surface area contributed by atoms with Crippen molar-refractivity contribution in [2.45, 2.75) is 37.2 Å². The average molecular weight is 365 g/mol. The molecule has 128 valence electrons. The van der Waals surface area contributed by atoms with Crippen LogP contribution in [0.5, 0.6) is 0 Å². The minimum Gasteiger partial charge on any atom is -0.398 e. The summed E-state index contributed by atoms with van der Waals surface area (Å²) in [5, 5.41) is 0.163. The van der Waals surface area contributed by atoms with E-state index < -0.39 is 10.0 Å². The lowest BCUT2D eigenvalue weighted by atomic mass is 10.2. The molecule has 1 aliphatic carbocycles. The number of rotatable bonds is 6. The normalized spacial score (nSPS) is 16.3. The molecule has 0 heterocycles. The topological polar surface area (TPSA) is 63.4 Å². The molecule has 1 atom stereocenters. The number of halogens is 1. The molecule has 0 bridgehead atoms. The Hall–Kier alpha value is -1.56. The van der Waals surface area contributed by atoms with Crippen molar-refractivity contribution in [2.24, 2.45) is 5.92 Å². The van der Waals surface area contributed by atoms with E-state index >= 15 is 0 Å². The monoisotopic (exact) mass is 364 g/mol. The van der Waals surface area contributed by atoms with Crippen molar-refractivity contribution in [1.82, 2.24) is 4.31 Å². The summed E-state index contributed by atoms with van der Waals surface area (Å²) in [6.07, 6.45) is 2.11. The number of anilines is 1. The van der Waals surface area contributed by atoms with Gasteiger partial charge in [0.2, 0.25) is 10.0 Å². The number of nitrogens with zero attached hydrogens (tertiary/aromatic N) is 1. The van der Waals surface area contributed by atoms with Gasteiger partial charge in [-0.15, -0.1) is 0 Å². The minimum absolute atomic E-state index is 0.00935. The highest BCUT2D eigenvalue weighted by atomic mass is 35.5. The van der Waals surface area contributed by atoms with Crippen LogP contribution in [0.15, 0.2) is 53.4 Å². The third-order valence-corrected chi connectivity index (χ3v) is 6.98. The molecule has 2 aromatic rings. The number of hydrogen-bond donors (Lipinski definition) is 1. The Kier molecular flexibility index (Phi) is 4.85. The van der Waals surface area contributed by atoms with Crippen LogP contribution in [0.4, 0.5) is 5.69 Å². The Balaban J connectivity index is 2.03. The second-order valence-electron chi connectivity index (χ2n) is 6.27. The van der Waals surface area contributed by atoms with Crippen molar-refractivity contribution >= 4 is 27.3 Å². The Morgan fingerprint density at radius 2 is 1.83 bits per heavy atom. The SMILES string of the molecule is CC(C1CC1)N(Cc1ccccc1)S(=O)(=O)c1c(N)cccc1Cl. The van der Waals surface area contributed by atoms with Gasteiger partial charge in [0.15, 0.2) is 0 Å². The summed E-state index contributed by atoms with van der Waals surface area (Å²) in [5.74, 6) is 0.396. The van der Waals surface area contributed by atoms with E-state index in [0.717, 1.165) is 18.4 Å². The van der Waals surface area contributed by atoms with Crippen LogP contribution >= 0.6 is 11.6 Å². The Labute approximate surface area is 148 Å². The van der Waals surface area contributed by atoms with Gasteiger partial charge in [0.25, 0.3) is 0 Å². The molecule has 0 spiro atoms. The van der Waals surface area contributed by atoms with Gasteiger partial charge in [0, 0.05) is 12.6 Å². The van der Waals surface area contributed by atoms with Gasteiger partial charge in [-0.2, -0.15) is 4.31 Å². The van der Waals surface area contributed by atoms with E-state index in [2.05, 4.69) is 0 Å². The van der Waals surface area contributed by atoms with Crippen LogP contribution in [0.25, 0.3) is 0 Å². The number of sulfonamides is 1. The maximum atomic E-state index is 13.3. The Bertz CT molecular complexity index is 800. The number of hydrogen-bond acceptors (Lipinski definition) is 3. The summed E-state index contributed by atoms with van der Waals surface area (Å²) >= 11 is 6.18. The maximum absolute atomic E-state index is 13.3. The predicted octanol–water partition coefficient (Wildman–Crippen LogP) is 3.91. The first-order chi connectivity index (χ1) is 11.4. The third-order valence-electron chi connectivity index (χ3n) is 4.50. The molecule has 0 saturated heterocycles. The van der Waals surface area contributed by atoms with Crippen LogP contribution in [-0.4, -0.2) is 18.8 Å². The fourth-order valence-electron chi connectivity index (χ4n) is 2.94. The highest BCUT2D eigenvalue weighted by molar-refractivity contribution is 7.89. The van der Waals surface area contributed by atoms with Crippen molar-refractivity contribution in [3.63, 3.8) is 0 Å². The lowest BCUT2D eigenvalue weighted by molar-refractivity contribution is 0.303. The quantitative estimate of drug-likeness (QED) is 0.790. The maximum Gasteiger partial charge on any atom is 0.247 e. The first-order valence-corrected chi connectivity index (χ1v) is 9.83. The largest absolute Gasteiger partial charge is 0.398 e. The van der Waals surface area contributed by atoms with Gasteiger partial charge >= 0.3 is 0 Å². The molecule has 0 aromatic heterocycles. The van der Waals surface area contributed by atoms with E-state index in [1.807, 2.05) is 37.3 Å². The van der Waals surface area contributed by atoms with Gasteiger partial charge < -0.3 is 5.73 Å². The first-order valence-electron chi connectivity index (χ1n) is 8.01. The molecule has 6 heteroatoms. The molecule has 0 radical (unpaired) electrons. The molecule has 2 aromatic carbocycles. The van der Waals surface area contributed by atoms with Crippen LogP contribution in [0, 0.1) is 5.92 Å². The molecule has 24 heavy (non-hydrogen) atoms. The number of nitrogen functional groups attached to an aromatic ring is 1. The highest BCUT2D eigenvalue weighted by Gasteiger charge is 2.39. The molecule has 0 amide bonds. The van der Waals surface area contributed by atoms with E-state index in [9.17, 15) is 8.42 Å². The summed E-state index contributed by atoms with van der Waals surface area (Å²) in [6, 6.07) is 14.3. The summed E-state index contributed by atoms with van der Waals surface area (Å²) < 4.78 is 28.2. The van der Waals surface area contributed by atoms with Gasteiger partial charge in [0.1, 0.15) is 4.90 Å². The van der Waals surface area contributed by atoms with Crippen molar-refractivity contribution in [1.29, 1.82) is 0 Å². The van der Waals surface area contributed by atoms with Crippen LogP contribution in [0.3, 0.4) is 0 Å². The summed E-state index contributed by atoms with van der Waals surface area (Å²) in [6.45, 7) is 2.27. The van der Waals surface area contributed by atoms with Crippen molar-refractivity contribution in [3.05, 3.63) is 59.1 Å². The van der Waals surface area contributed by atoms with Crippen LogP contribution in [0.1, 0.15) is 25.3 Å². The van der Waals surface area contributed by atoms with Gasteiger partial charge in [-0.3, -0.25) is 0 Å². The molecule has 1 saturated carbocycles. The van der Waals surface area contributed by atoms with E-state index in [4.69, 9.17) is 17.3 Å². The zero-order valence-corrected chi connectivity index (χ0v) is 15.1. The zero-order chi connectivity index (χ0) is 17.3. The van der Waals surface area contributed by atoms with Gasteiger partial charge in [-0.25, -0.2) is 8.42 Å². The van der Waals surface area contributed by atoms with Crippen molar-refractivity contribution < 1.29 is 8.42 Å². The smallest absolute Gasteiger partial charge is 0.247 e. The molecular weight excluding hydrogens is 344 g/mol. The van der Waals surface area contributed by atoms with Gasteiger partial charge in [-0.05, 0) is 43.4 Å². The van der Waals surface area contributed by atoms with Crippen LogP contribution in [0.2, 0.25) is 5.02 Å². The summed E-state index contributed by atoms with van der Waals surface area (Å²) in [5.41, 5.74) is 7.07. The van der Waals surface area contributed by atoms with Crippen LogP contribution in [-0.2, 0) is 16.6 Å². The Morgan fingerprint density at radius 1 is 1.17 bits per heavy atom. The lowest BCUT2D eigenvalue weighted by Crippen LogP contribution is -2.39. The molecule has 4 nitrogen and oxygen atoms in total. The first kappa shape index (κ1) is 17.3. The molecule has 1 aliphatic rings. The molecule has 0 aliphatic heterocycles. The fourth-order valence-corrected chi connectivity index (χ4v) is 5.26. The highest BCUT2D eigenvalue weighted by Crippen LogP contribution is 2.39. The van der Waals surface area contributed by atoms with Crippen molar-refractivity contribution in [3.8, 4) is 0 Å². The van der Waals surface area contributed by atoms with E-state index in [0.29, 0.717) is 12.5 Å². The predicted molar refractivity (Wildman–Crippen MR) is 97.2 cm³/mol. The van der Waals surface area contributed by atoms with Gasteiger partial charge in [-0.1, -0.05) is 48.0 Å². The standard InChI is InChI=1S/C18H21ClN2O2S/c1-13(15-10-11-15)21(12-14-6-3-2-4-7-14)24(22,23)18-16(19)8-5-9-17(18)20/h2-9,13,15H,10-12,20H2,1H3. The van der Waals surface area contributed by atoms with E-state index in [1.165, 1.54) is 4.31 Å². The third kappa shape index (κ3) is 3.43. The molecule has 1 fully saturated rings. The molecule has 1 unspecified atom stereocenters. The van der Waals surface area contributed by atoms with Crippen molar-refractivity contribution in [2.75, 3.05) is 5.73 Å². The Morgan fingerprint density at radius 3 is 2.42 bits per heavy atom. The summed E-state index contributed by atoms with van der Waals surface area (Å²) in [7, 11) is -3.79. The molecule has 3 rings (SSSR count). The minimum atomic E-state index is -3.79. The fraction of sp³-hybridized carbons (Fsp3) is 0.333. The van der Waals surface area contributed by atoms with Gasteiger partial charge in [0.05, 0.1) is 10.7 Å². The zero-order valence-electron chi connectivity index (χ0n) is 13.5. The lowest BCUT2D eigenvalue weighted by Gasteiger charge is -2.29. The average Bonchev–Trinajstić information content (AvgIpc) is 3.37. The second kappa shape index (κ2) is 6.75. The number of benzene rings is 2. The summed E-state index contributed by atoms with van der Waals surface area (Å²) in [4.78, 5) is 0.00935. The van der Waals surface area contributed by atoms with E-state index in [-0.39, 0.29) is 21.6 Å². The molecule has 2 N–H and O–H groups in total. The number of nitrogens with two attached hydrogens (primary N) is 1. The van der Waals surface area contributed by atoms with E-state index in [1.54, 1.807) is 18.2 Å². The second-order valence-corrected chi connectivity index (χ2v) is 8.51. The molecular formula is C18H21ClN2O2S.